The third-order valence-corrected chi connectivity index (χ3v) is 4.13. The molecule has 6 nitrogen and oxygen atoms in total. The Bertz CT molecular complexity index is 758. The molecule has 1 aromatic carbocycles. The number of anilines is 2. The number of carbonyl (C=O) groups is 2. The van der Waals surface area contributed by atoms with E-state index in [0.29, 0.717) is 25.2 Å². The van der Waals surface area contributed by atoms with E-state index in [0.717, 1.165) is 29.8 Å². The molecule has 2 N–H and O–H groups in total. The highest BCUT2D eigenvalue weighted by Crippen LogP contribution is 2.26. The Morgan fingerprint density at radius 3 is 2.76 bits per heavy atom. The molecule has 0 spiro atoms. The summed E-state index contributed by atoms with van der Waals surface area (Å²) in [5, 5.41) is 5.53. The SMILES string of the molecule is CCCNC(=O)Nc1ccc(CC(=O)N2CCc3ncccc32)cc1. The molecule has 0 saturated heterocycles. The number of aromatic nitrogens is 1. The van der Waals surface area contributed by atoms with Crippen molar-refractivity contribution in [1.29, 1.82) is 0 Å². The highest BCUT2D eigenvalue weighted by Gasteiger charge is 2.25. The predicted octanol–water partition coefficient (Wildman–Crippen LogP) is 2.74. The lowest BCUT2D eigenvalue weighted by molar-refractivity contribution is -0.117. The lowest BCUT2D eigenvalue weighted by atomic mass is 10.1. The Labute approximate surface area is 147 Å². The van der Waals surface area contributed by atoms with Crippen LogP contribution in [0.4, 0.5) is 16.2 Å². The van der Waals surface area contributed by atoms with Gasteiger partial charge in [-0.25, -0.2) is 4.79 Å². The van der Waals surface area contributed by atoms with Crippen LogP contribution in [0.1, 0.15) is 24.6 Å². The van der Waals surface area contributed by atoms with Gasteiger partial charge in [-0.05, 0) is 36.2 Å². The monoisotopic (exact) mass is 338 g/mol. The number of nitrogens with zero attached hydrogens (tertiary/aromatic N) is 2. The molecule has 3 amide bonds. The van der Waals surface area contributed by atoms with Gasteiger partial charge in [-0.1, -0.05) is 19.1 Å². The van der Waals surface area contributed by atoms with Crippen molar-refractivity contribution in [3.05, 3.63) is 53.9 Å². The zero-order chi connectivity index (χ0) is 17.6. The van der Waals surface area contributed by atoms with Gasteiger partial charge in [0.2, 0.25) is 5.91 Å². The van der Waals surface area contributed by atoms with Gasteiger partial charge in [0, 0.05) is 31.4 Å². The molecule has 2 heterocycles. The fraction of sp³-hybridized carbons (Fsp3) is 0.316. The van der Waals surface area contributed by atoms with Crippen LogP contribution < -0.4 is 15.5 Å². The number of hydrogen-bond acceptors (Lipinski definition) is 3. The van der Waals surface area contributed by atoms with E-state index in [4.69, 9.17) is 0 Å². The minimum absolute atomic E-state index is 0.0631. The fourth-order valence-corrected chi connectivity index (χ4v) is 2.85. The molecule has 130 valence electrons. The third kappa shape index (κ3) is 4.15. The summed E-state index contributed by atoms with van der Waals surface area (Å²) in [4.78, 5) is 30.3. The molecule has 0 radical (unpaired) electrons. The number of amides is 3. The molecule has 1 aliphatic rings. The Kier molecular flexibility index (Phi) is 5.28. The molecule has 0 fully saturated rings. The summed E-state index contributed by atoms with van der Waals surface area (Å²) < 4.78 is 0. The molecule has 0 unspecified atom stereocenters. The first-order chi connectivity index (χ1) is 12.2. The second-order valence-electron chi connectivity index (χ2n) is 6.02. The lowest BCUT2D eigenvalue weighted by Gasteiger charge is -2.17. The van der Waals surface area contributed by atoms with Crippen molar-refractivity contribution in [2.75, 3.05) is 23.3 Å². The number of urea groups is 1. The normalized spacial score (nSPS) is 12.6. The van der Waals surface area contributed by atoms with Gasteiger partial charge >= 0.3 is 6.03 Å². The first-order valence-corrected chi connectivity index (χ1v) is 8.55. The molecule has 0 aliphatic carbocycles. The molecule has 2 aromatic rings. The van der Waals surface area contributed by atoms with Crippen molar-refractivity contribution < 1.29 is 9.59 Å². The van der Waals surface area contributed by atoms with E-state index in [2.05, 4.69) is 15.6 Å². The van der Waals surface area contributed by atoms with E-state index >= 15 is 0 Å². The van der Waals surface area contributed by atoms with Crippen molar-refractivity contribution in [2.24, 2.45) is 0 Å². The lowest BCUT2D eigenvalue weighted by Crippen LogP contribution is -2.30. The van der Waals surface area contributed by atoms with Crippen LogP contribution in [0, 0.1) is 0 Å². The maximum absolute atomic E-state index is 12.6. The molecule has 3 rings (SSSR count). The quantitative estimate of drug-likeness (QED) is 0.880. The summed E-state index contributed by atoms with van der Waals surface area (Å²) in [6.07, 6.45) is 3.78. The maximum atomic E-state index is 12.6. The fourth-order valence-electron chi connectivity index (χ4n) is 2.85. The van der Waals surface area contributed by atoms with Crippen molar-refractivity contribution in [1.82, 2.24) is 10.3 Å². The van der Waals surface area contributed by atoms with Gasteiger partial charge in [0.05, 0.1) is 17.8 Å². The van der Waals surface area contributed by atoms with Gasteiger partial charge in [-0.15, -0.1) is 0 Å². The van der Waals surface area contributed by atoms with Crippen LogP contribution >= 0.6 is 0 Å². The molecule has 1 aromatic heterocycles. The summed E-state index contributed by atoms with van der Waals surface area (Å²) in [6.45, 7) is 3.33. The first kappa shape index (κ1) is 17.0. The zero-order valence-electron chi connectivity index (χ0n) is 14.3. The average Bonchev–Trinajstić information content (AvgIpc) is 3.06. The van der Waals surface area contributed by atoms with Crippen LogP contribution in [-0.2, 0) is 17.6 Å². The van der Waals surface area contributed by atoms with E-state index in [1.54, 1.807) is 11.1 Å². The molecule has 0 bridgehead atoms. The van der Waals surface area contributed by atoms with Gasteiger partial charge < -0.3 is 15.5 Å². The maximum Gasteiger partial charge on any atom is 0.319 e. The van der Waals surface area contributed by atoms with Gasteiger partial charge in [-0.2, -0.15) is 0 Å². The minimum Gasteiger partial charge on any atom is -0.338 e. The van der Waals surface area contributed by atoms with Crippen LogP contribution in [-0.4, -0.2) is 30.0 Å². The number of benzene rings is 1. The topological polar surface area (TPSA) is 74.3 Å². The number of rotatable bonds is 5. The summed E-state index contributed by atoms with van der Waals surface area (Å²) in [7, 11) is 0. The van der Waals surface area contributed by atoms with Crippen LogP contribution in [0.15, 0.2) is 42.6 Å². The number of carbonyl (C=O) groups excluding carboxylic acids is 2. The minimum atomic E-state index is -0.216. The number of fused-ring (bicyclic) bond motifs is 1. The zero-order valence-corrected chi connectivity index (χ0v) is 14.3. The molecular weight excluding hydrogens is 316 g/mol. The van der Waals surface area contributed by atoms with Gasteiger partial charge in [-0.3, -0.25) is 9.78 Å². The summed E-state index contributed by atoms with van der Waals surface area (Å²) in [6, 6.07) is 10.9. The molecule has 6 heteroatoms. The highest BCUT2D eigenvalue weighted by atomic mass is 16.2. The van der Waals surface area contributed by atoms with Crippen LogP contribution in [0.2, 0.25) is 0 Å². The van der Waals surface area contributed by atoms with Crippen LogP contribution in [0.3, 0.4) is 0 Å². The summed E-state index contributed by atoms with van der Waals surface area (Å²) in [5.41, 5.74) is 3.52. The van der Waals surface area contributed by atoms with E-state index in [-0.39, 0.29) is 11.9 Å². The van der Waals surface area contributed by atoms with Gasteiger partial charge in [0.25, 0.3) is 0 Å². The van der Waals surface area contributed by atoms with E-state index < -0.39 is 0 Å². The summed E-state index contributed by atoms with van der Waals surface area (Å²) in [5.74, 6) is 0.0631. The van der Waals surface area contributed by atoms with Gasteiger partial charge in [0.1, 0.15) is 0 Å². The molecule has 0 saturated carbocycles. The van der Waals surface area contributed by atoms with Crippen LogP contribution in [0.25, 0.3) is 0 Å². The Morgan fingerprint density at radius 2 is 2.00 bits per heavy atom. The standard InChI is InChI=1S/C19H22N4O2/c1-2-10-21-19(25)22-15-7-5-14(6-8-15)13-18(24)23-12-9-16-17(23)4-3-11-20-16/h3-8,11H,2,9-10,12-13H2,1H3,(H2,21,22,25). The Balaban J connectivity index is 1.58. The smallest absolute Gasteiger partial charge is 0.319 e. The predicted molar refractivity (Wildman–Crippen MR) is 97.8 cm³/mol. The number of nitrogens with one attached hydrogen (secondary N) is 2. The second-order valence-corrected chi connectivity index (χ2v) is 6.02. The number of hydrogen-bond donors (Lipinski definition) is 2. The Hall–Kier alpha value is -2.89. The van der Waals surface area contributed by atoms with E-state index in [1.807, 2.05) is 43.3 Å². The van der Waals surface area contributed by atoms with Gasteiger partial charge in [0.15, 0.2) is 0 Å². The summed E-state index contributed by atoms with van der Waals surface area (Å²) >= 11 is 0. The van der Waals surface area contributed by atoms with Crippen molar-refractivity contribution in [2.45, 2.75) is 26.2 Å². The van der Waals surface area contributed by atoms with Crippen molar-refractivity contribution >= 4 is 23.3 Å². The van der Waals surface area contributed by atoms with E-state index in [1.165, 1.54) is 0 Å². The number of pyridine rings is 1. The van der Waals surface area contributed by atoms with E-state index in [9.17, 15) is 9.59 Å². The largest absolute Gasteiger partial charge is 0.338 e. The highest BCUT2D eigenvalue weighted by molar-refractivity contribution is 5.96. The molecule has 1 aliphatic heterocycles. The van der Waals surface area contributed by atoms with Crippen LogP contribution in [0.5, 0.6) is 0 Å². The average molecular weight is 338 g/mol. The second kappa shape index (κ2) is 7.79. The molecule has 0 atom stereocenters. The molecule has 25 heavy (non-hydrogen) atoms. The van der Waals surface area contributed by atoms with Crippen molar-refractivity contribution in [3.63, 3.8) is 0 Å². The Morgan fingerprint density at radius 1 is 1.20 bits per heavy atom. The van der Waals surface area contributed by atoms with Crippen molar-refractivity contribution in [3.8, 4) is 0 Å². The first-order valence-electron chi connectivity index (χ1n) is 8.55. The third-order valence-electron chi connectivity index (χ3n) is 4.13. The molecular formula is C19H22N4O2.